The van der Waals surface area contributed by atoms with Gasteiger partial charge in [0.1, 0.15) is 0 Å². The van der Waals surface area contributed by atoms with Gasteiger partial charge in [0, 0.05) is 24.7 Å². The Morgan fingerprint density at radius 3 is 2.65 bits per heavy atom. The molecule has 1 N–H and O–H groups in total. The van der Waals surface area contributed by atoms with Crippen LogP contribution in [0.3, 0.4) is 0 Å². The number of likely N-dealkylation sites (N-methyl/N-ethyl adjacent to an activating group) is 1. The third kappa shape index (κ3) is 2.67. The molecule has 17 heavy (non-hydrogen) atoms. The molecule has 1 aliphatic heterocycles. The third-order valence-electron chi connectivity index (χ3n) is 3.49. The van der Waals surface area contributed by atoms with E-state index in [1.165, 1.54) is 5.56 Å². The number of carbonyl (C=O) groups excluding carboxylic acids is 1. The van der Waals surface area contributed by atoms with Crippen LogP contribution in [0, 0.1) is 0 Å². The number of benzene rings is 1. The van der Waals surface area contributed by atoms with Gasteiger partial charge in [-0.25, -0.2) is 0 Å². The van der Waals surface area contributed by atoms with Crippen LogP contribution >= 0.6 is 0 Å². The van der Waals surface area contributed by atoms with Gasteiger partial charge in [-0.1, -0.05) is 19.1 Å². The number of aryl methyl sites for hydroxylation is 1. The molecule has 0 radical (unpaired) electrons. The largest absolute Gasteiger partial charge is 0.337 e. The van der Waals surface area contributed by atoms with E-state index in [1.807, 2.05) is 36.2 Å². The lowest BCUT2D eigenvalue weighted by atomic mass is 10.1. The Kier molecular flexibility index (Phi) is 3.79. The fraction of sp³-hybridized carbons (Fsp3) is 0.500. The van der Waals surface area contributed by atoms with Crippen molar-refractivity contribution in [3.63, 3.8) is 0 Å². The summed E-state index contributed by atoms with van der Waals surface area (Å²) in [7, 11) is 1.95. The first-order chi connectivity index (χ1) is 8.24. The highest BCUT2D eigenvalue weighted by molar-refractivity contribution is 5.94. The highest BCUT2D eigenvalue weighted by Gasteiger charge is 2.25. The minimum absolute atomic E-state index is 0.158. The van der Waals surface area contributed by atoms with E-state index in [0.29, 0.717) is 6.04 Å². The van der Waals surface area contributed by atoms with E-state index < -0.39 is 0 Å². The van der Waals surface area contributed by atoms with Crippen LogP contribution in [-0.4, -0.2) is 37.0 Å². The second kappa shape index (κ2) is 5.32. The predicted octanol–water partition coefficient (Wildman–Crippen LogP) is 1.68. The Hall–Kier alpha value is -1.35. The Labute approximate surface area is 103 Å². The van der Waals surface area contributed by atoms with Crippen LogP contribution in [0.15, 0.2) is 24.3 Å². The molecule has 1 aliphatic rings. The highest BCUT2D eigenvalue weighted by Crippen LogP contribution is 2.14. The van der Waals surface area contributed by atoms with Gasteiger partial charge < -0.3 is 10.2 Å². The van der Waals surface area contributed by atoms with Gasteiger partial charge in [0.15, 0.2) is 0 Å². The van der Waals surface area contributed by atoms with Gasteiger partial charge in [0.05, 0.1) is 0 Å². The van der Waals surface area contributed by atoms with Crippen molar-refractivity contribution in [2.45, 2.75) is 25.8 Å². The minimum Gasteiger partial charge on any atom is -0.337 e. The molecular weight excluding hydrogens is 212 g/mol. The number of nitrogens with one attached hydrogen (secondary N) is 1. The first-order valence-electron chi connectivity index (χ1n) is 6.30. The first-order valence-corrected chi connectivity index (χ1v) is 6.30. The molecule has 0 aliphatic carbocycles. The smallest absolute Gasteiger partial charge is 0.253 e. The summed E-state index contributed by atoms with van der Waals surface area (Å²) in [5, 5.41) is 3.22. The van der Waals surface area contributed by atoms with Gasteiger partial charge in [0.25, 0.3) is 5.91 Å². The van der Waals surface area contributed by atoms with E-state index in [1.54, 1.807) is 0 Å². The summed E-state index contributed by atoms with van der Waals surface area (Å²) >= 11 is 0. The Morgan fingerprint density at radius 1 is 1.41 bits per heavy atom. The maximum absolute atomic E-state index is 12.2. The molecule has 0 aromatic heterocycles. The van der Waals surface area contributed by atoms with Crippen molar-refractivity contribution in [1.29, 1.82) is 0 Å². The minimum atomic E-state index is 0.158. The second-order valence-corrected chi connectivity index (χ2v) is 4.58. The van der Waals surface area contributed by atoms with Crippen LogP contribution in [0.4, 0.5) is 0 Å². The van der Waals surface area contributed by atoms with Crippen LogP contribution in [-0.2, 0) is 6.42 Å². The van der Waals surface area contributed by atoms with Gasteiger partial charge in [-0.05, 0) is 37.6 Å². The Bertz CT molecular complexity index is 386. The quantitative estimate of drug-likeness (QED) is 0.860. The molecule has 1 aromatic rings. The summed E-state index contributed by atoms with van der Waals surface area (Å²) in [5.74, 6) is 0.158. The Balaban J connectivity index is 2.04. The molecule has 0 spiro atoms. The van der Waals surface area contributed by atoms with E-state index in [-0.39, 0.29) is 5.91 Å². The van der Waals surface area contributed by atoms with E-state index in [2.05, 4.69) is 12.2 Å². The van der Waals surface area contributed by atoms with Crippen LogP contribution in [0.25, 0.3) is 0 Å². The van der Waals surface area contributed by atoms with Gasteiger partial charge in [0.2, 0.25) is 0 Å². The molecule has 1 atom stereocenters. The zero-order valence-electron chi connectivity index (χ0n) is 10.6. The monoisotopic (exact) mass is 232 g/mol. The summed E-state index contributed by atoms with van der Waals surface area (Å²) in [5.41, 5.74) is 2.08. The van der Waals surface area contributed by atoms with E-state index in [4.69, 9.17) is 0 Å². The van der Waals surface area contributed by atoms with Gasteiger partial charge in [-0.3, -0.25) is 4.79 Å². The third-order valence-corrected chi connectivity index (χ3v) is 3.49. The Morgan fingerprint density at radius 2 is 2.12 bits per heavy atom. The van der Waals surface area contributed by atoms with Crippen molar-refractivity contribution in [2.75, 3.05) is 20.1 Å². The molecule has 1 fully saturated rings. The number of likely N-dealkylation sites (tertiary alicyclic amines) is 1. The summed E-state index contributed by atoms with van der Waals surface area (Å²) in [4.78, 5) is 14.1. The zero-order chi connectivity index (χ0) is 12.3. The number of hydrogen-bond donors (Lipinski definition) is 1. The van der Waals surface area contributed by atoms with E-state index in [9.17, 15) is 4.79 Å². The molecule has 1 unspecified atom stereocenters. The maximum Gasteiger partial charge on any atom is 0.253 e. The molecule has 3 heteroatoms. The zero-order valence-corrected chi connectivity index (χ0v) is 10.6. The van der Waals surface area contributed by atoms with Crippen molar-refractivity contribution >= 4 is 5.91 Å². The molecule has 1 heterocycles. The molecular formula is C14H20N2O. The highest BCUT2D eigenvalue weighted by atomic mass is 16.2. The molecule has 1 amide bonds. The molecule has 92 valence electrons. The lowest BCUT2D eigenvalue weighted by Crippen LogP contribution is -2.33. The number of carbonyl (C=O) groups is 1. The van der Waals surface area contributed by atoms with Crippen molar-refractivity contribution in [3.05, 3.63) is 35.4 Å². The van der Waals surface area contributed by atoms with Crippen molar-refractivity contribution in [1.82, 2.24) is 10.2 Å². The second-order valence-electron chi connectivity index (χ2n) is 4.58. The van der Waals surface area contributed by atoms with Crippen LogP contribution in [0.2, 0.25) is 0 Å². The maximum atomic E-state index is 12.2. The summed E-state index contributed by atoms with van der Waals surface area (Å²) in [6.07, 6.45) is 2.06. The molecule has 0 saturated carbocycles. The van der Waals surface area contributed by atoms with Crippen LogP contribution < -0.4 is 5.32 Å². The first kappa shape index (κ1) is 12.1. The van der Waals surface area contributed by atoms with Crippen molar-refractivity contribution < 1.29 is 4.79 Å². The van der Waals surface area contributed by atoms with Crippen LogP contribution in [0.1, 0.15) is 29.3 Å². The molecule has 1 saturated heterocycles. The van der Waals surface area contributed by atoms with E-state index >= 15 is 0 Å². The lowest BCUT2D eigenvalue weighted by molar-refractivity contribution is 0.0789. The molecule has 0 bridgehead atoms. The fourth-order valence-electron chi connectivity index (χ4n) is 2.25. The molecule has 2 rings (SSSR count). The van der Waals surface area contributed by atoms with Gasteiger partial charge in [-0.2, -0.15) is 0 Å². The lowest BCUT2D eigenvalue weighted by Gasteiger charge is -2.16. The number of nitrogens with zero attached hydrogens (tertiary/aromatic N) is 1. The number of hydrogen-bond acceptors (Lipinski definition) is 2. The fourth-order valence-corrected chi connectivity index (χ4v) is 2.25. The average molecular weight is 232 g/mol. The molecule has 1 aromatic carbocycles. The summed E-state index contributed by atoms with van der Waals surface area (Å²) in [6.45, 7) is 3.81. The van der Waals surface area contributed by atoms with Crippen molar-refractivity contribution in [2.24, 2.45) is 0 Å². The van der Waals surface area contributed by atoms with Crippen LogP contribution in [0.5, 0.6) is 0 Å². The number of rotatable bonds is 3. The molecule has 3 nitrogen and oxygen atoms in total. The SMILES string of the molecule is CCc1ccc(C(=O)N2CCC(NC)C2)cc1. The normalized spacial score (nSPS) is 19.6. The van der Waals surface area contributed by atoms with Gasteiger partial charge >= 0.3 is 0 Å². The summed E-state index contributed by atoms with van der Waals surface area (Å²) < 4.78 is 0. The average Bonchev–Trinajstić information content (AvgIpc) is 2.87. The number of amides is 1. The van der Waals surface area contributed by atoms with Crippen molar-refractivity contribution in [3.8, 4) is 0 Å². The predicted molar refractivity (Wildman–Crippen MR) is 69.2 cm³/mol. The topological polar surface area (TPSA) is 32.3 Å². The van der Waals surface area contributed by atoms with Gasteiger partial charge in [-0.15, -0.1) is 0 Å². The van der Waals surface area contributed by atoms with E-state index in [0.717, 1.165) is 31.5 Å². The summed E-state index contributed by atoms with van der Waals surface area (Å²) in [6, 6.07) is 8.41. The standard InChI is InChI=1S/C14H20N2O/c1-3-11-4-6-12(7-5-11)14(17)16-9-8-13(10-16)15-2/h4-7,13,15H,3,8-10H2,1-2H3.